The van der Waals surface area contributed by atoms with E-state index in [1.807, 2.05) is 67.7 Å². The summed E-state index contributed by atoms with van der Waals surface area (Å²) in [6.07, 6.45) is 4.01. The number of amides is 2. The number of para-hydroxylation sites is 1. The third-order valence-corrected chi connectivity index (χ3v) is 6.58. The Hall–Kier alpha value is -4.68. The van der Waals surface area contributed by atoms with Crippen molar-refractivity contribution in [2.45, 2.75) is 20.3 Å². The Morgan fingerprint density at radius 3 is 2.59 bits per heavy atom. The summed E-state index contributed by atoms with van der Waals surface area (Å²) in [5.41, 5.74) is 3.45. The summed E-state index contributed by atoms with van der Waals surface area (Å²) in [6.45, 7) is 5.57. The predicted molar refractivity (Wildman–Crippen MR) is 144 cm³/mol. The molecule has 0 N–H and O–H groups in total. The van der Waals surface area contributed by atoms with Gasteiger partial charge in [0.05, 0.1) is 5.69 Å². The minimum Gasteiger partial charge on any atom is -0.486 e. The molecule has 2 aliphatic heterocycles. The molecule has 0 saturated carbocycles. The molecule has 0 aliphatic carbocycles. The van der Waals surface area contributed by atoms with Crippen molar-refractivity contribution >= 4 is 17.9 Å². The first-order valence-corrected chi connectivity index (χ1v) is 12.8. The van der Waals surface area contributed by atoms with Gasteiger partial charge in [0.15, 0.2) is 11.5 Å². The van der Waals surface area contributed by atoms with Crippen LogP contribution in [0.25, 0.3) is 23.0 Å². The fourth-order valence-corrected chi connectivity index (χ4v) is 4.58. The minimum absolute atomic E-state index is 0.0476. The highest BCUT2D eigenvalue weighted by Crippen LogP contribution is 2.37. The molecule has 0 saturated heterocycles. The number of carbonyl (C=O) groups excluding carboxylic acids is 2. The second-order valence-electron chi connectivity index (χ2n) is 9.05. The third kappa shape index (κ3) is 5.19. The summed E-state index contributed by atoms with van der Waals surface area (Å²) in [5, 5.41) is 14.6. The molecule has 0 bridgehead atoms. The lowest BCUT2D eigenvalue weighted by molar-refractivity contribution is -0.140. The average Bonchev–Trinajstić information content (AvgIpc) is 3.39. The van der Waals surface area contributed by atoms with E-state index in [1.54, 1.807) is 17.7 Å². The molecule has 9 nitrogen and oxygen atoms in total. The standard InChI is InChI=1S/C30H28N4O5/c1-3-37-13-7-12-33-29(35)24(20(2)25(18-31)30(33)36)16-22-19-34(23-8-5-4-6-9-23)32-28(22)21-10-11-26-27(17-21)39-15-14-38-26/h4-6,8-11,16-17,19H,3,7,12-15H2,1-2H3/b24-16+. The highest BCUT2D eigenvalue weighted by molar-refractivity contribution is 6.19. The van der Waals surface area contributed by atoms with Crippen molar-refractivity contribution in [1.29, 1.82) is 5.26 Å². The maximum Gasteiger partial charge on any atom is 0.271 e. The molecule has 0 spiro atoms. The number of benzene rings is 2. The van der Waals surface area contributed by atoms with Gasteiger partial charge in [0.2, 0.25) is 0 Å². The van der Waals surface area contributed by atoms with E-state index in [0.717, 1.165) is 16.2 Å². The molecule has 3 heterocycles. The fraction of sp³-hybridized carbons (Fsp3) is 0.267. The lowest BCUT2D eigenvalue weighted by atomic mass is 9.93. The largest absolute Gasteiger partial charge is 0.486 e. The summed E-state index contributed by atoms with van der Waals surface area (Å²) in [4.78, 5) is 27.7. The van der Waals surface area contributed by atoms with Crippen molar-refractivity contribution in [2.75, 3.05) is 33.0 Å². The highest BCUT2D eigenvalue weighted by Gasteiger charge is 2.35. The lowest BCUT2D eigenvalue weighted by Gasteiger charge is -2.27. The average molecular weight is 525 g/mol. The Labute approximate surface area is 226 Å². The zero-order valence-electron chi connectivity index (χ0n) is 21.8. The molecule has 5 rings (SSSR count). The number of nitrogens with zero attached hydrogens (tertiary/aromatic N) is 4. The summed E-state index contributed by atoms with van der Waals surface area (Å²) in [7, 11) is 0. The fourth-order valence-electron chi connectivity index (χ4n) is 4.58. The molecule has 9 heteroatoms. The molecule has 2 aromatic carbocycles. The smallest absolute Gasteiger partial charge is 0.271 e. The number of imide groups is 1. The SMILES string of the molecule is CCOCCCN1C(=O)C(C#N)=C(C)/C(=C\c2cn(-c3ccccc3)nc2-c2ccc3c(c2)OCCO3)C1=O. The molecule has 39 heavy (non-hydrogen) atoms. The Morgan fingerprint density at radius 1 is 1.08 bits per heavy atom. The normalized spacial score (nSPS) is 16.1. The van der Waals surface area contributed by atoms with E-state index in [2.05, 4.69) is 0 Å². The van der Waals surface area contributed by atoms with Crippen molar-refractivity contribution in [3.8, 4) is 34.5 Å². The van der Waals surface area contributed by atoms with Crippen LogP contribution in [0.4, 0.5) is 0 Å². The number of nitriles is 1. The van der Waals surface area contributed by atoms with Crippen molar-refractivity contribution in [3.63, 3.8) is 0 Å². The van der Waals surface area contributed by atoms with Crippen molar-refractivity contribution in [2.24, 2.45) is 0 Å². The van der Waals surface area contributed by atoms with E-state index in [1.165, 1.54) is 0 Å². The second-order valence-corrected chi connectivity index (χ2v) is 9.05. The monoisotopic (exact) mass is 524 g/mol. The molecule has 3 aromatic rings. The van der Waals surface area contributed by atoms with E-state index in [4.69, 9.17) is 19.3 Å². The predicted octanol–water partition coefficient (Wildman–Crippen LogP) is 4.33. The summed E-state index contributed by atoms with van der Waals surface area (Å²) in [5.74, 6) is 0.247. The van der Waals surface area contributed by atoms with Crippen LogP contribution in [0.2, 0.25) is 0 Å². The van der Waals surface area contributed by atoms with Gasteiger partial charge in [-0.1, -0.05) is 18.2 Å². The Morgan fingerprint density at radius 2 is 1.85 bits per heavy atom. The van der Waals surface area contributed by atoms with Gasteiger partial charge < -0.3 is 14.2 Å². The lowest BCUT2D eigenvalue weighted by Crippen LogP contribution is -2.43. The summed E-state index contributed by atoms with van der Waals surface area (Å²) in [6, 6.07) is 17.2. The van der Waals surface area contributed by atoms with Crippen LogP contribution in [0.15, 0.2) is 71.4 Å². The first kappa shape index (κ1) is 25.9. The van der Waals surface area contributed by atoms with Gasteiger partial charge in [0.1, 0.15) is 30.6 Å². The van der Waals surface area contributed by atoms with E-state index < -0.39 is 11.8 Å². The molecule has 0 fully saturated rings. The van der Waals surface area contributed by atoms with E-state index in [-0.39, 0.29) is 17.7 Å². The van der Waals surface area contributed by atoms with E-state index in [0.29, 0.717) is 61.2 Å². The van der Waals surface area contributed by atoms with Gasteiger partial charge in [0.25, 0.3) is 11.8 Å². The van der Waals surface area contributed by atoms with Crippen molar-refractivity contribution in [1.82, 2.24) is 14.7 Å². The Bertz CT molecular complexity index is 1510. The first-order valence-electron chi connectivity index (χ1n) is 12.8. The number of rotatable bonds is 8. The van der Waals surface area contributed by atoms with E-state index in [9.17, 15) is 14.9 Å². The van der Waals surface area contributed by atoms with Crippen LogP contribution >= 0.6 is 0 Å². The molecule has 2 amide bonds. The highest BCUT2D eigenvalue weighted by atomic mass is 16.6. The van der Waals surface area contributed by atoms with Crippen LogP contribution in [-0.2, 0) is 14.3 Å². The van der Waals surface area contributed by atoms with Crippen LogP contribution in [0, 0.1) is 11.3 Å². The van der Waals surface area contributed by atoms with Gasteiger partial charge >= 0.3 is 0 Å². The molecule has 2 aliphatic rings. The van der Waals surface area contributed by atoms with Gasteiger partial charge in [-0.2, -0.15) is 10.4 Å². The summed E-state index contributed by atoms with van der Waals surface area (Å²) < 4.78 is 18.6. The van der Waals surface area contributed by atoms with Gasteiger partial charge in [-0.05, 0) is 62.2 Å². The number of hydrogen-bond acceptors (Lipinski definition) is 7. The van der Waals surface area contributed by atoms with Crippen LogP contribution in [0.3, 0.4) is 0 Å². The quantitative estimate of drug-likeness (QED) is 0.245. The van der Waals surface area contributed by atoms with Crippen LogP contribution in [0.1, 0.15) is 25.8 Å². The number of fused-ring (bicyclic) bond motifs is 1. The summed E-state index contributed by atoms with van der Waals surface area (Å²) >= 11 is 0. The Balaban J connectivity index is 1.61. The second kappa shape index (κ2) is 11.4. The number of ether oxygens (including phenoxy) is 3. The maximum absolute atomic E-state index is 13.6. The van der Waals surface area contributed by atoms with Gasteiger partial charge in [-0.15, -0.1) is 0 Å². The van der Waals surface area contributed by atoms with Crippen molar-refractivity contribution < 1.29 is 23.8 Å². The van der Waals surface area contributed by atoms with Crippen LogP contribution < -0.4 is 9.47 Å². The molecule has 0 unspecified atom stereocenters. The zero-order chi connectivity index (χ0) is 27.4. The minimum atomic E-state index is -0.583. The first-order chi connectivity index (χ1) is 19.0. The molecule has 1 aromatic heterocycles. The molecular weight excluding hydrogens is 496 g/mol. The van der Waals surface area contributed by atoms with Gasteiger partial charge in [-0.3, -0.25) is 14.5 Å². The number of carbonyl (C=O) groups is 2. The van der Waals surface area contributed by atoms with Crippen molar-refractivity contribution in [3.05, 3.63) is 77.0 Å². The molecular formula is C30H28N4O5. The Kier molecular flexibility index (Phi) is 7.57. The topological polar surface area (TPSA) is 107 Å². The third-order valence-electron chi connectivity index (χ3n) is 6.58. The zero-order valence-corrected chi connectivity index (χ0v) is 21.8. The maximum atomic E-state index is 13.6. The van der Waals surface area contributed by atoms with Crippen LogP contribution in [-0.4, -0.2) is 59.5 Å². The molecule has 0 radical (unpaired) electrons. The number of hydrogen-bond donors (Lipinski definition) is 0. The van der Waals surface area contributed by atoms with Gasteiger partial charge in [0, 0.05) is 42.7 Å². The number of aromatic nitrogens is 2. The molecule has 198 valence electrons. The van der Waals surface area contributed by atoms with E-state index >= 15 is 0 Å². The molecule has 0 atom stereocenters. The van der Waals surface area contributed by atoms with Crippen LogP contribution in [0.5, 0.6) is 11.5 Å². The van der Waals surface area contributed by atoms with Gasteiger partial charge in [-0.25, -0.2) is 4.68 Å².